The van der Waals surface area contributed by atoms with Crippen molar-refractivity contribution in [2.24, 2.45) is 0 Å². The molecule has 0 aromatic rings. The van der Waals surface area contributed by atoms with Crippen LogP contribution in [0.25, 0.3) is 0 Å². The first-order valence-electron chi connectivity index (χ1n) is 4.72. The molecule has 1 rings (SSSR count). The molecule has 1 aliphatic rings. The fourth-order valence-electron chi connectivity index (χ4n) is 1.30. The topological polar surface area (TPSA) is 38.3 Å². The molecule has 0 amide bonds. The van der Waals surface area contributed by atoms with Gasteiger partial charge in [-0.3, -0.25) is 0 Å². The highest BCUT2D eigenvalue weighted by Gasteiger charge is 2.41. The Labute approximate surface area is 95.6 Å². The van der Waals surface area contributed by atoms with Crippen LogP contribution in [0.3, 0.4) is 0 Å². The van der Waals surface area contributed by atoms with E-state index in [1.54, 1.807) is 0 Å². The predicted octanol–water partition coefficient (Wildman–Crippen LogP) is 1.97. The third kappa shape index (κ3) is 4.02. The number of carbonyl (C=O) groups is 1. The van der Waals surface area contributed by atoms with Crippen LogP contribution in [-0.2, 0) is 9.53 Å². The minimum atomic E-state index is -4.97. The van der Waals surface area contributed by atoms with Gasteiger partial charge in [-0.05, 0) is 25.0 Å². The van der Waals surface area contributed by atoms with Crippen LogP contribution in [0.2, 0.25) is 0 Å². The van der Waals surface area contributed by atoms with E-state index in [0.717, 1.165) is 25.0 Å². The van der Waals surface area contributed by atoms with Crippen LogP contribution in [-0.4, -0.2) is 31.8 Å². The number of nitrogens with one attached hydrogen (secondary N) is 1. The Balaban J connectivity index is 2.45. The molecule has 1 fully saturated rings. The Bertz CT molecular complexity index is 294. The quantitative estimate of drug-likeness (QED) is 0.769. The predicted molar refractivity (Wildman–Crippen MR) is 52.0 cm³/mol. The van der Waals surface area contributed by atoms with Crippen LogP contribution >= 0.6 is 11.6 Å². The monoisotopic (exact) mass is 257 g/mol. The lowest BCUT2D eigenvalue weighted by atomic mass is 10.1. The zero-order valence-corrected chi connectivity index (χ0v) is 9.12. The number of rotatable bonds is 2. The van der Waals surface area contributed by atoms with Crippen LogP contribution in [0.5, 0.6) is 0 Å². The number of esters is 1. The highest BCUT2D eigenvalue weighted by atomic mass is 35.5. The Morgan fingerprint density at radius 1 is 1.50 bits per heavy atom. The van der Waals surface area contributed by atoms with Gasteiger partial charge in [-0.1, -0.05) is 11.6 Å². The van der Waals surface area contributed by atoms with E-state index >= 15 is 0 Å². The van der Waals surface area contributed by atoms with Crippen LogP contribution in [0.1, 0.15) is 12.8 Å². The molecule has 1 heterocycles. The molecule has 0 aromatic carbocycles. The van der Waals surface area contributed by atoms with E-state index < -0.39 is 18.8 Å². The van der Waals surface area contributed by atoms with E-state index in [9.17, 15) is 18.0 Å². The summed E-state index contributed by atoms with van der Waals surface area (Å²) < 4.78 is 39.4. The molecule has 92 valence electrons. The number of alkyl halides is 3. The minimum Gasteiger partial charge on any atom is -0.453 e. The van der Waals surface area contributed by atoms with E-state index in [4.69, 9.17) is 11.6 Å². The number of hydrogen-bond donors (Lipinski definition) is 1. The van der Waals surface area contributed by atoms with E-state index in [1.165, 1.54) is 0 Å². The molecule has 16 heavy (non-hydrogen) atoms. The Morgan fingerprint density at radius 2 is 2.19 bits per heavy atom. The Hall–Kier alpha value is -0.750. The summed E-state index contributed by atoms with van der Waals surface area (Å²) in [5, 5.41) is 3.20. The van der Waals surface area contributed by atoms with Gasteiger partial charge in [-0.15, -0.1) is 0 Å². The fraction of sp³-hybridized carbons (Fsp3) is 0.667. The molecule has 0 spiro atoms. The van der Waals surface area contributed by atoms with Crippen molar-refractivity contribution in [1.82, 2.24) is 5.32 Å². The lowest BCUT2D eigenvalue weighted by Crippen LogP contribution is -2.27. The van der Waals surface area contributed by atoms with Crippen molar-refractivity contribution in [2.45, 2.75) is 19.0 Å². The summed E-state index contributed by atoms with van der Waals surface area (Å²) in [6.07, 6.45) is -3.37. The molecule has 3 nitrogen and oxygen atoms in total. The van der Waals surface area contributed by atoms with Gasteiger partial charge in [0.05, 0.1) is 5.03 Å². The summed E-state index contributed by atoms with van der Waals surface area (Å²) in [7, 11) is 0. The molecule has 7 heteroatoms. The molecule has 0 unspecified atom stereocenters. The second kappa shape index (κ2) is 5.54. The zero-order chi connectivity index (χ0) is 12.2. The summed E-state index contributed by atoms with van der Waals surface area (Å²) in [6.45, 7) is 0.870. The van der Waals surface area contributed by atoms with Gasteiger partial charge in [0, 0.05) is 6.54 Å². The number of piperidine rings is 1. The fourth-order valence-corrected chi connectivity index (χ4v) is 1.51. The van der Waals surface area contributed by atoms with Crippen molar-refractivity contribution in [3.05, 3.63) is 10.6 Å². The molecule has 0 bridgehead atoms. The smallest absolute Gasteiger partial charge is 0.453 e. The van der Waals surface area contributed by atoms with Crippen LogP contribution in [0.15, 0.2) is 10.6 Å². The van der Waals surface area contributed by atoms with Gasteiger partial charge in [0.15, 0.2) is 0 Å². The highest BCUT2D eigenvalue weighted by molar-refractivity contribution is 6.30. The number of halogens is 4. The van der Waals surface area contributed by atoms with Gasteiger partial charge >= 0.3 is 12.1 Å². The molecular weight excluding hydrogens is 247 g/mol. The van der Waals surface area contributed by atoms with Crippen molar-refractivity contribution < 1.29 is 22.7 Å². The minimum absolute atomic E-state index is 0.171. The van der Waals surface area contributed by atoms with Crippen LogP contribution in [0, 0.1) is 0 Å². The Kier molecular flexibility index (Phi) is 4.61. The summed E-state index contributed by atoms with van der Waals surface area (Å²) in [5.74, 6) is -2.21. The maximum absolute atomic E-state index is 11.8. The molecule has 0 radical (unpaired) electrons. The third-order valence-corrected chi connectivity index (χ3v) is 2.49. The lowest BCUT2D eigenvalue weighted by molar-refractivity contribution is -0.198. The van der Waals surface area contributed by atoms with E-state index in [0.29, 0.717) is 6.54 Å². The second-order valence-corrected chi connectivity index (χ2v) is 3.82. The number of hydrogen-bond acceptors (Lipinski definition) is 3. The molecule has 1 N–H and O–H groups in total. The van der Waals surface area contributed by atoms with Crippen molar-refractivity contribution in [2.75, 3.05) is 19.7 Å². The van der Waals surface area contributed by atoms with E-state index in [1.807, 2.05) is 0 Å². The van der Waals surface area contributed by atoms with Gasteiger partial charge < -0.3 is 10.1 Å². The largest absolute Gasteiger partial charge is 0.490 e. The first-order chi connectivity index (χ1) is 7.41. The van der Waals surface area contributed by atoms with Gasteiger partial charge in [0.2, 0.25) is 0 Å². The molecule has 0 atom stereocenters. The maximum Gasteiger partial charge on any atom is 0.490 e. The van der Waals surface area contributed by atoms with E-state index in [2.05, 4.69) is 10.1 Å². The van der Waals surface area contributed by atoms with Gasteiger partial charge in [0.25, 0.3) is 0 Å². The first-order valence-corrected chi connectivity index (χ1v) is 5.10. The van der Waals surface area contributed by atoms with Crippen molar-refractivity contribution in [1.29, 1.82) is 0 Å². The van der Waals surface area contributed by atoms with Gasteiger partial charge in [-0.2, -0.15) is 13.2 Å². The van der Waals surface area contributed by atoms with Crippen molar-refractivity contribution >= 4 is 17.6 Å². The lowest BCUT2D eigenvalue weighted by Gasteiger charge is -2.17. The average molecular weight is 258 g/mol. The highest BCUT2D eigenvalue weighted by Crippen LogP contribution is 2.20. The normalized spacial score (nSPS) is 20.5. The van der Waals surface area contributed by atoms with Gasteiger partial charge in [-0.25, -0.2) is 4.79 Å². The molecule has 0 aromatic heterocycles. The SMILES string of the molecule is O=C(OCC(Cl)=C1CCCNC1)C(F)(F)F. The summed E-state index contributed by atoms with van der Waals surface area (Å²) in [6, 6.07) is 0. The molecule has 0 aliphatic carbocycles. The third-order valence-electron chi connectivity index (χ3n) is 2.12. The Morgan fingerprint density at radius 3 is 2.69 bits per heavy atom. The molecular formula is C9H11ClF3NO2. The summed E-state index contributed by atoms with van der Waals surface area (Å²) in [5.41, 5.74) is 0.794. The maximum atomic E-state index is 11.8. The van der Waals surface area contributed by atoms with Crippen LogP contribution in [0.4, 0.5) is 13.2 Å². The molecule has 0 saturated carbocycles. The molecule has 1 saturated heterocycles. The zero-order valence-electron chi connectivity index (χ0n) is 8.36. The van der Waals surface area contributed by atoms with Crippen molar-refractivity contribution in [3.8, 4) is 0 Å². The summed E-state index contributed by atoms with van der Waals surface area (Å²) in [4.78, 5) is 10.4. The van der Waals surface area contributed by atoms with Crippen LogP contribution < -0.4 is 5.32 Å². The van der Waals surface area contributed by atoms with Crippen molar-refractivity contribution in [3.63, 3.8) is 0 Å². The van der Waals surface area contributed by atoms with Gasteiger partial charge in [0.1, 0.15) is 6.61 Å². The average Bonchev–Trinajstić information content (AvgIpc) is 2.25. The number of carbonyl (C=O) groups excluding carboxylic acids is 1. The summed E-state index contributed by atoms with van der Waals surface area (Å²) >= 11 is 5.75. The number of ether oxygens (including phenoxy) is 1. The van der Waals surface area contributed by atoms with E-state index in [-0.39, 0.29) is 5.03 Å². The standard InChI is InChI=1S/C9H11ClF3NO2/c10-7(6-2-1-3-14-4-6)5-16-8(15)9(11,12)13/h14H,1-5H2. The first kappa shape index (κ1) is 13.3. The molecule has 1 aliphatic heterocycles. The second-order valence-electron chi connectivity index (χ2n) is 3.36.